The van der Waals surface area contributed by atoms with Crippen LogP contribution in [0.15, 0.2) is 30.5 Å². The number of alkyl halides is 3. The number of carbonyl (C=O) groups excluding carboxylic acids is 2. The molecule has 0 unspecified atom stereocenters. The number of carbonyl (C=O) groups is 2. The number of aromatic nitrogens is 5. The summed E-state index contributed by atoms with van der Waals surface area (Å²) in [4.78, 5) is 27.4. The molecule has 4 rings (SSSR count). The molecule has 0 saturated carbocycles. The number of hydrogen-bond donors (Lipinski definition) is 3. The number of rotatable bonds is 6. The van der Waals surface area contributed by atoms with Crippen LogP contribution >= 0.6 is 11.3 Å². The quantitative estimate of drug-likeness (QED) is 0.208. The summed E-state index contributed by atoms with van der Waals surface area (Å²) >= 11 is 0.994. The Bertz CT molecular complexity index is 1420. The molecule has 0 aliphatic carbocycles. The van der Waals surface area contributed by atoms with Crippen molar-refractivity contribution >= 4 is 23.0 Å². The molecule has 0 aliphatic rings. The Labute approximate surface area is 195 Å². The van der Waals surface area contributed by atoms with Gasteiger partial charge in [-0.1, -0.05) is 4.68 Å². The Balaban J connectivity index is 1.45. The lowest BCUT2D eigenvalue weighted by molar-refractivity contribution is -0.731. The van der Waals surface area contributed by atoms with Gasteiger partial charge in [0.15, 0.2) is 12.8 Å². The van der Waals surface area contributed by atoms with Crippen LogP contribution in [0.25, 0.3) is 10.7 Å². The topological polar surface area (TPSA) is 107 Å². The first-order valence-electron chi connectivity index (χ1n) is 9.59. The lowest BCUT2D eigenvalue weighted by Crippen LogP contribution is -2.37. The number of nitrogens with one attached hydrogen (secondary N) is 3. The highest BCUT2D eigenvalue weighted by atomic mass is 32.1. The van der Waals surface area contributed by atoms with Crippen molar-refractivity contribution in [1.82, 2.24) is 25.6 Å². The minimum atomic E-state index is -4.59. The molecule has 35 heavy (non-hydrogen) atoms. The van der Waals surface area contributed by atoms with Gasteiger partial charge >= 0.3 is 6.18 Å². The number of aryl methyl sites for hydroxylation is 1. The first kappa shape index (κ1) is 24.1. The Morgan fingerprint density at radius 3 is 2.43 bits per heavy atom. The van der Waals surface area contributed by atoms with Gasteiger partial charge in [-0.05, 0) is 23.5 Å². The van der Waals surface area contributed by atoms with Gasteiger partial charge in [0, 0.05) is 29.0 Å². The number of halogens is 6. The highest BCUT2D eigenvalue weighted by molar-refractivity contribution is 7.14. The first-order valence-corrected chi connectivity index (χ1v) is 10.4. The van der Waals surface area contributed by atoms with Gasteiger partial charge in [-0.2, -0.15) is 18.3 Å². The third kappa shape index (κ3) is 4.94. The predicted molar refractivity (Wildman–Crippen MR) is 108 cm³/mol. The number of H-pyrrole nitrogens is 2. The fraction of sp³-hybridized carbons (Fsp3) is 0.150. The minimum absolute atomic E-state index is 0.0247. The molecular weight excluding hydrogens is 502 g/mol. The molecule has 3 heterocycles. The molecular formula is C20H13F6N6O2S+. The molecule has 0 aliphatic heterocycles. The molecule has 182 valence electrons. The largest absolute Gasteiger partial charge is 0.432 e. The number of nitrogens with zero attached hydrogens (tertiary/aromatic N) is 3. The third-order valence-corrected chi connectivity index (χ3v) is 5.87. The van der Waals surface area contributed by atoms with Crippen molar-refractivity contribution in [3.63, 3.8) is 0 Å². The second-order valence-corrected chi connectivity index (χ2v) is 8.21. The van der Waals surface area contributed by atoms with Gasteiger partial charge in [0.2, 0.25) is 5.01 Å². The molecule has 8 nitrogen and oxygen atoms in total. The first-order chi connectivity index (χ1) is 16.4. The molecule has 4 aromatic rings. The van der Waals surface area contributed by atoms with E-state index in [1.165, 1.54) is 11.7 Å². The van der Waals surface area contributed by atoms with Gasteiger partial charge in [-0.25, -0.2) is 13.2 Å². The van der Waals surface area contributed by atoms with E-state index in [1.807, 2.05) is 5.10 Å². The maximum atomic E-state index is 13.9. The number of benzene rings is 1. The van der Waals surface area contributed by atoms with Crippen molar-refractivity contribution in [2.24, 2.45) is 7.05 Å². The summed E-state index contributed by atoms with van der Waals surface area (Å²) in [6, 6.07) is 2.62. The molecule has 0 saturated heterocycles. The van der Waals surface area contributed by atoms with E-state index in [2.05, 4.69) is 20.5 Å². The predicted octanol–water partition coefficient (Wildman–Crippen LogP) is 3.28. The number of amides is 1. The van der Waals surface area contributed by atoms with Crippen LogP contribution in [-0.4, -0.2) is 32.0 Å². The summed E-state index contributed by atoms with van der Waals surface area (Å²) in [6.07, 6.45) is -3.52. The fourth-order valence-electron chi connectivity index (χ4n) is 3.03. The van der Waals surface area contributed by atoms with Gasteiger partial charge in [-0.3, -0.25) is 14.7 Å². The molecule has 1 aromatic carbocycles. The molecule has 0 bridgehead atoms. The van der Waals surface area contributed by atoms with E-state index < -0.39 is 46.6 Å². The van der Waals surface area contributed by atoms with E-state index >= 15 is 0 Å². The van der Waals surface area contributed by atoms with E-state index in [0.717, 1.165) is 29.7 Å². The smallest absolute Gasteiger partial charge is 0.356 e. The van der Waals surface area contributed by atoms with Crippen molar-refractivity contribution in [2.75, 3.05) is 0 Å². The lowest BCUT2D eigenvalue weighted by Gasteiger charge is -2.03. The molecule has 0 radical (unpaired) electrons. The minimum Gasteiger partial charge on any atom is -0.356 e. The summed E-state index contributed by atoms with van der Waals surface area (Å²) in [7, 11) is 1.52. The van der Waals surface area contributed by atoms with E-state index in [1.54, 1.807) is 0 Å². The second kappa shape index (κ2) is 8.98. The SMILES string of the molecule is C[n+]1nc(-c2cc(C(F)(F)F)[nH]n2)sc1CNC(=O)c1cc(C(=O)c2c(F)cc(F)cc2F)c[nH]1. The average Bonchev–Trinajstić information content (AvgIpc) is 3.50. The molecule has 3 aromatic heterocycles. The number of ketones is 1. The normalized spacial score (nSPS) is 11.6. The Hall–Kier alpha value is -4.01. The van der Waals surface area contributed by atoms with Gasteiger partial charge in [0.05, 0.1) is 5.56 Å². The summed E-state index contributed by atoms with van der Waals surface area (Å²) in [5, 5.41) is 12.8. The van der Waals surface area contributed by atoms with Crippen LogP contribution in [-0.2, 0) is 19.8 Å². The number of aromatic amines is 2. The highest BCUT2D eigenvalue weighted by Crippen LogP contribution is 2.31. The Morgan fingerprint density at radius 1 is 1.11 bits per heavy atom. The molecule has 3 N–H and O–H groups in total. The van der Waals surface area contributed by atoms with Crippen molar-refractivity contribution in [1.29, 1.82) is 0 Å². The molecule has 0 spiro atoms. The van der Waals surface area contributed by atoms with Crippen LogP contribution in [0.2, 0.25) is 0 Å². The monoisotopic (exact) mass is 515 g/mol. The maximum absolute atomic E-state index is 13.9. The van der Waals surface area contributed by atoms with E-state index in [-0.39, 0.29) is 28.5 Å². The third-order valence-electron chi connectivity index (χ3n) is 4.74. The molecule has 15 heteroatoms. The van der Waals surface area contributed by atoms with E-state index in [9.17, 15) is 35.9 Å². The van der Waals surface area contributed by atoms with Crippen LogP contribution < -0.4 is 10.00 Å². The Kier molecular flexibility index (Phi) is 6.19. The van der Waals surface area contributed by atoms with Gasteiger partial charge in [-0.15, -0.1) is 0 Å². The van der Waals surface area contributed by atoms with E-state index in [4.69, 9.17) is 0 Å². The van der Waals surface area contributed by atoms with Crippen molar-refractivity contribution in [3.05, 3.63) is 75.4 Å². The zero-order valence-electron chi connectivity index (χ0n) is 17.4. The summed E-state index contributed by atoms with van der Waals surface area (Å²) < 4.78 is 80.5. The van der Waals surface area contributed by atoms with Gasteiger partial charge < -0.3 is 10.3 Å². The number of hydrogen-bond acceptors (Lipinski definition) is 5. The average molecular weight is 515 g/mol. The van der Waals surface area contributed by atoms with Crippen LogP contribution in [0.3, 0.4) is 0 Å². The van der Waals surface area contributed by atoms with Crippen molar-refractivity contribution in [3.8, 4) is 10.7 Å². The highest BCUT2D eigenvalue weighted by Gasteiger charge is 2.34. The summed E-state index contributed by atoms with van der Waals surface area (Å²) in [5.41, 5.74) is -2.36. The van der Waals surface area contributed by atoms with Gasteiger partial charge in [0.25, 0.3) is 10.9 Å². The zero-order valence-corrected chi connectivity index (χ0v) is 18.2. The lowest BCUT2D eigenvalue weighted by atomic mass is 10.0. The maximum Gasteiger partial charge on any atom is 0.432 e. The second-order valence-electron chi connectivity index (χ2n) is 7.15. The van der Waals surface area contributed by atoms with Crippen molar-refractivity contribution < 1.29 is 40.6 Å². The van der Waals surface area contributed by atoms with Crippen LogP contribution in [0.4, 0.5) is 26.3 Å². The van der Waals surface area contributed by atoms with Crippen LogP contribution in [0.5, 0.6) is 0 Å². The van der Waals surface area contributed by atoms with Gasteiger partial charge in [0.1, 0.15) is 41.1 Å². The molecule has 1 amide bonds. The van der Waals surface area contributed by atoms with Crippen LogP contribution in [0, 0.1) is 17.5 Å². The Morgan fingerprint density at radius 2 is 1.80 bits per heavy atom. The summed E-state index contributed by atoms with van der Waals surface area (Å²) in [5.74, 6) is -5.72. The van der Waals surface area contributed by atoms with Crippen LogP contribution in [0.1, 0.15) is 37.1 Å². The summed E-state index contributed by atoms with van der Waals surface area (Å²) in [6.45, 7) is -0.0763. The molecule has 0 fully saturated rings. The van der Waals surface area contributed by atoms with E-state index in [0.29, 0.717) is 17.1 Å². The fourth-order valence-corrected chi connectivity index (χ4v) is 3.94. The zero-order chi connectivity index (χ0) is 25.5. The van der Waals surface area contributed by atoms with Crippen molar-refractivity contribution in [2.45, 2.75) is 12.7 Å². The molecule has 0 atom stereocenters. The standard InChI is InChI=1S/C20H12F6N6O2S/c1-32-15(35-19(31-32)13-5-14(30-29-13)20(24,25)26)7-28-18(34)12-2-8(6-27-12)17(33)16-10(22)3-9(21)4-11(16)23/h2-6H,7H2,1H3,(H2-,27,28,29,30,31,33,34)/p+1.